The third kappa shape index (κ3) is 1.94. The van der Waals surface area contributed by atoms with Crippen molar-refractivity contribution in [2.75, 3.05) is 18.5 Å². The lowest BCUT2D eigenvalue weighted by Gasteiger charge is -2.39. The lowest BCUT2D eigenvalue weighted by molar-refractivity contribution is -0.128. The number of carbonyl (C=O) groups is 2. The summed E-state index contributed by atoms with van der Waals surface area (Å²) in [7, 11) is 1.66. The topological polar surface area (TPSA) is 66.4 Å². The molecule has 1 spiro atoms. The van der Waals surface area contributed by atoms with E-state index in [-0.39, 0.29) is 37.0 Å². The van der Waals surface area contributed by atoms with E-state index in [0.29, 0.717) is 5.69 Å². The van der Waals surface area contributed by atoms with E-state index in [4.69, 9.17) is 0 Å². The van der Waals surface area contributed by atoms with E-state index < -0.39 is 11.2 Å². The highest BCUT2D eigenvalue weighted by Crippen LogP contribution is 2.42. The van der Waals surface area contributed by atoms with Gasteiger partial charge in [0.2, 0.25) is 11.8 Å². The Morgan fingerprint density at radius 3 is 2.75 bits per heavy atom. The number of amides is 2. The van der Waals surface area contributed by atoms with Crippen LogP contribution in [0.5, 0.6) is 0 Å². The van der Waals surface area contributed by atoms with Crippen molar-refractivity contribution in [1.29, 1.82) is 0 Å². The molecule has 3 heterocycles. The van der Waals surface area contributed by atoms with Crippen molar-refractivity contribution in [2.24, 2.45) is 0 Å². The molecule has 0 N–H and O–H groups in total. The summed E-state index contributed by atoms with van der Waals surface area (Å²) in [6, 6.07) is 6.14. The van der Waals surface area contributed by atoms with Gasteiger partial charge in [-0.05, 0) is 12.1 Å². The molecule has 0 bridgehead atoms. The van der Waals surface area contributed by atoms with Gasteiger partial charge in [0.15, 0.2) is 0 Å². The van der Waals surface area contributed by atoms with Crippen LogP contribution in [0.4, 0.5) is 10.1 Å². The molecular formula is C17H15FN4O2. The van der Waals surface area contributed by atoms with E-state index in [9.17, 15) is 14.0 Å². The number of hydrogen-bond donors (Lipinski definition) is 0. The van der Waals surface area contributed by atoms with E-state index in [1.165, 1.54) is 22.2 Å². The first-order chi connectivity index (χ1) is 11.5. The summed E-state index contributed by atoms with van der Waals surface area (Å²) in [6.07, 6.45) is 3.06. The van der Waals surface area contributed by atoms with Crippen LogP contribution in [0.2, 0.25) is 0 Å². The van der Waals surface area contributed by atoms with Crippen molar-refractivity contribution in [1.82, 2.24) is 14.9 Å². The summed E-state index contributed by atoms with van der Waals surface area (Å²) in [5, 5.41) is 0. The van der Waals surface area contributed by atoms with Crippen LogP contribution in [0.3, 0.4) is 0 Å². The molecule has 24 heavy (non-hydrogen) atoms. The Kier molecular flexibility index (Phi) is 3.13. The maximum atomic E-state index is 14.2. The van der Waals surface area contributed by atoms with Gasteiger partial charge in [-0.2, -0.15) is 0 Å². The Morgan fingerprint density at radius 2 is 2.04 bits per heavy atom. The van der Waals surface area contributed by atoms with Crippen molar-refractivity contribution < 1.29 is 14.0 Å². The molecule has 7 heteroatoms. The summed E-state index contributed by atoms with van der Waals surface area (Å²) >= 11 is 0. The average molecular weight is 326 g/mol. The van der Waals surface area contributed by atoms with Crippen LogP contribution in [0.25, 0.3) is 0 Å². The molecule has 4 rings (SSSR count). The molecule has 1 aromatic heterocycles. The lowest BCUT2D eigenvalue weighted by atomic mass is 9.77. The quantitative estimate of drug-likeness (QED) is 0.791. The minimum absolute atomic E-state index is 0.0390. The SMILES string of the molecule is CN1CC2(CC1=O)C(=O)N(c1ccccc1F)Cc1cncnc12. The summed E-state index contributed by atoms with van der Waals surface area (Å²) in [5.41, 5.74) is 0.444. The van der Waals surface area contributed by atoms with Crippen LogP contribution in [0, 0.1) is 5.82 Å². The number of fused-ring (bicyclic) bond motifs is 2. The first-order valence-corrected chi connectivity index (χ1v) is 7.63. The summed E-state index contributed by atoms with van der Waals surface area (Å²) in [4.78, 5) is 36.7. The highest BCUT2D eigenvalue weighted by molar-refractivity contribution is 6.06. The van der Waals surface area contributed by atoms with Crippen molar-refractivity contribution in [3.05, 3.63) is 53.9 Å². The maximum Gasteiger partial charge on any atom is 0.242 e. The highest BCUT2D eigenvalue weighted by Gasteiger charge is 2.55. The van der Waals surface area contributed by atoms with Crippen molar-refractivity contribution in [3.63, 3.8) is 0 Å². The van der Waals surface area contributed by atoms with Crippen molar-refractivity contribution in [2.45, 2.75) is 18.4 Å². The Morgan fingerprint density at radius 1 is 1.25 bits per heavy atom. The fourth-order valence-electron chi connectivity index (χ4n) is 3.62. The molecule has 0 radical (unpaired) electrons. The van der Waals surface area contributed by atoms with Crippen molar-refractivity contribution >= 4 is 17.5 Å². The predicted octanol–water partition coefficient (Wildman–Crippen LogP) is 1.26. The number of likely N-dealkylation sites (tertiary alicyclic amines) is 1. The zero-order valence-electron chi connectivity index (χ0n) is 13.1. The third-order valence-electron chi connectivity index (χ3n) is 4.75. The summed E-state index contributed by atoms with van der Waals surface area (Å²) < 4.78 is 14.2. The number of hydrogen-bond acceptors (Lipinski definition) is 4. The molecule has 0 saturated carbocycles. The molecule has 1 saturated heterocycles. The van der Waals surface area contributed by atoms with Gasteiger partial charge in [-0.25, -0.2) is 14.4 Å². The number of likely N-dealkylation sites (N-methyl/N-ethyl adjacent to an activating group) is 1. The number of anilines is 1. The average Bonchev–Trinajstić information content (AvgIpc) is 2.88. The van der Waals surface area contributed by atoms with Gasteiger partial charge < -0.3 is 9.80 Å². The van der Waals surface area contributed by atoms with Crippen LogP contribution in [-0.4, -0.2) is 40.3 Å². The minimum atomic E-state index is -1.08. The zero-order chi connectivity index (χ0) is 16.9. The van der Waals surface area contributed by atoms with Gasteiger partial charge in [-0.3, -0.25) is 9.59 Å². The second kappa shape index (κ2) is 5.09. The number of para-hydroxylation sites is 1. The smallest absolute Gasteiger partial charge is 0.242 e. The molecule has 1 aromatic carbocycles. The van der Waals surface area contributed by atoms with Gasteiger partial charge in [0.1, 0.15) is 17.6 Å². The van der Waals surface area contributed by atoms with Gasteiger partial charge in [0.05, 0.1) is 17.9 Å². The monoisotopic (exact) mass is 326 g/mol. The largest absolute Gasteiger partial charge is 0.344 e. The second-order valence-corrected chi connectivity index (χ2v) is 6.25. The molecule has 0 aliphatic carbocycles. The second-order valence-electron chi connectivity index (χ2n) is 6.25. The Labute approximate surface area is 137 Å². The van der Waals surface area contributed by atoms with Crippen LogP contribution in [0.15, 0.2) is 36.8 Å². The number of benzene rings is 1. The minimum Gasteiger partial charge on any atom is -0.344 e. The van der Waals surface area contributed by atoms with E-state index in [1.807, 2.05) is 0 Å². The van der Waals surface area contributed by atoms with Crippen LogP contribution < -0.4 is 4.90 Å². The number of carbonyl (C=O) groups excluding carboxylic acids is 2. The number of aromatic nitrogens is 2. The standard InChI is InChI=1S/C17H15FN4O2/c1-21-9-17(6-14(21)23)15-11(7-19-10-20-15)8-22(16(17)24)13-5-3-2-4-12(13)18/h2-5,7,10H,6,8-9H2,1H3. The molecule has 122 valence electrons. The number of halogens is 1. The van der Waals surface area contributed by atoms with Gasteiger partial charge in [0.25, 0.3) is 0 Å². The van der Waals surface area contributed by atoms with Crippen LogP contribution >= 0.6 is 0 Å². The van der Waals surface area contributed by atoms with Crippen LogP contribution in [0.1, 0.15) is 17.7 Å². The highest BCUT2D eigenvalue weighted by atomic mass is 19.1. The van der Waals surface area contributed by atoms with E-state index in [1.54, 1.807) is 31.4 Å². The number of rotatable bonds is 1. The molecule has 1 fully saturated rings. The molecule has 2 aliphatic heterocycles. The van der Waals surface area contributed by atoms with E-state index >= 15 is 0 Å². The van der Waals surface area contributed by atoms with E-state index in [2.05, 4.69) is 9.97 Å². The fourth-order valence-corrected chi connectivity index (χ4v) is 3.62. The zero-order valence-corrected chi connectivity index (χ0v) is 13.1. The predicted molar refractivity (Wildman–Crippen MR) is 83.6 cm³/mol. The Bertz CT molecular complexity index is 856. The molecule has 1 unspecified atom stereocenters. The first kappa shape index (κ1) is 14.7. The van der Waals surface area contributed by atoms with Gasteiger partial charge >= 0.3 is 0 Å². The maximum absolute atomic E-state index is 14.2. The first-order valence-electron chi connectivity index (χ1n) is 7.63. The summed E-state index contributed by atoms with van der Waals surface area (Å²) in [5.74, 6) is -0.890. The third-order valence-corrected chi connectivity index (χ3v) is 4.75. The fraction of sp³-hybridized carbons (Fsp3) is 0.294. The molecule has 2 amide bonds. The van der Waals surface area contributed by atoms with Crippen LogP contribution in [-0.2, 0) is 21.5 Å². The molecule has 1 atom stereocenters. The van der Waals surface area contributed by atoms with Gasteiger partial charge in [-0.15, -0.1) is 0 Å². The molecule has 2 aliphatic rings. The van der Waals surface area contributed by atoms with Crippen molar-refractivity contribution in [3.8, 4) is 0 Å². The Balaban J connectivity index is 1.89. The van der Waals surface area contributed by atoms with Gasteiger partial charge in [-0.1, -0.05) is 12.1 Å². The number of nitrogens with zero attached hydrogens (tertiary/aromatic N) is 4. The van der Waals surface area contributed by atoms with E-state index in [0.717, 1.165) is 5.56 Å². The summed E-state index contributed by atoms with van der Waals surface area (Å²) in [6.45, 7) is 0.426. The normalized spacial score (nSPS) is 23.1. The molecular weight excluding hydrogens is 311 g/mol. The Hall–Kier alpha value is -2.83. The lowest BCUT2D eigenvalue weighted by Crippen LogP contribution is -2.53. The van der Waals surface area contributed by atoms with Gasteiger partial charge in [0, 0.05) is 31.8 Å². The molecule has 2 aromatic rings. The molecule has 6 nitrogen and oxygen atoms in total.